The van der Waals surface area contributed by atoms with Crippen molar-refractivity contribution < 1.29 is 14.0 Å². The Balaban J connectivity index is 1.88. The number of hydrogen-bond donors (Lipinski definition) is 2. The molecule has 0 saturated carbocycles. The Morgan fingerprint density at radius 3 is 2.59 bits per heavy atom. The molecule has 2 atom stereocenters. The average molecular weight is 304 g/mol. The van der Waals surface area contributed by atoms with Crippen molar-refractivity contribution in [2.75, 3.05) is 6.54 Å². The van der Waals surface area contributed by atoms with Gasteiger partial charge in [-0.15, -0.1) is 0 Å². The van der Waals surface area contributed by atoms with Crippen molar-refractivity contribution in [2.24, 2.45) is 17.6 Å². The number of allylic oxidation sites excluding steroid dienone is 2. The van der Waals surface area contributed by atoms with E-state index in [1.165, 1.54) is 12.1 Å². The van der Waals surface area contributed by atoms with Crippen molar-refractivity contribution in [1.29, 1.82) is 0 Å². The lowest BCUT2D eigenvalue weighted by atomic mass is 9.93. The molecule has 1 aromatic carbocycles. The van der Waals surface area contributed by atoms with Gasteiger partial charge in [0.2, 0.25) is 11.8 Å². The van der Waals surface area contributed by atoms with Crippen LogP contribution in [-0.2, 0) is 16.0 Å². The van der Waals surface area contributed by atoms with Crippen molar-refractivity contribution in [2.45, 2.75) is 25.7 Å². The van der Waals surface area contributed by atoms with Gasteiger partial charge in [-0.25, -0.2) is 4.39 Å². The SMILES string of the molecule is NC(=O)C(CNC(=O)C1CC=CCC1)Cc1ccc(F)cc1. The van der Waals surface area contributed by atoms with E-state index in [0.717, 1.165) is 24.8 Å². The number of hydrogen-bond acceptors (Lipinski definition) is 2. The van der Waals surface area contributed by atoms with Gasteiger partial charge >= 0.3 is 0 Å². The van der Waals surface area contributed by atoms with Crippen LogP contribution in [0, 0.1) is 17.7 Å². The topological polar surface area (TPSA) is 72.2 Å². The van der Waals surface area contributed by atoms with Crippen molar-refractivity contribution in [1.82, 2.24) is 5.32 Å². The number of primary amides is 1. The maximum Gasteiger partial charge on any atom is 0.223 e. The standard InChI is InChI=1S/C17H21FN2O2/c18-15-8-6-12(7-9-15)10-14(16(19)21)11-20-17(22)13-4-2-1-3-5-13/h1-2,6-9,13-14H,3-5,10-11H2,(H2,19,21)(H,20,22). The quantitative estimate of drug-likeness (QED) is 0.788. The highest BCUT2D eigenvalue weighted by atomic mass is 19.1. The molecular formula is C17H21FN2O2. The summed E-state index contributed by atoms with van der Waals surface area (Å²) in [5.74, 6) is -1.33. The molecule has 22 heavy (non-hydrogen) atoms. The zero-order chi connectivity index (χ0) is 15.9. The number of nitrogens with two attached hydrogens (primary N) is 1. The van der Waals surface area contributed by atoms with Gasteiger partial charge in [0.25, 0.3) is 0 Å². The minimum atomic E-state index is -0.492. The van der Waals surface area contributed by atoms with E-state index >= 15 is 0 Å². The molecule has 0 saturated heterocycles. The van der Waals surface area contributed by atoms with E-state index in [9.17, 15) is 14.0 Å². The first-order chi connectivity index (χ1) is 10.6. The van der Waals surface area contributed by atoms with Crippen molar-refractivity contribution >= 4 is 11.8 Å². The monoisotopic (exact) mass is 304 g/mol. The number of carbonyl (C=O) groups is 2. The first-order valence-electron chi connectivity index (χ1n) is 7.52. The number of nitrogens with one attached hydrogen (secondary N) is 1. The molecule has 0 heterocycles. The maximum atomic E-state index is 12.9. The molecule has 0 radical (unpaired) electrons. The fourth-order valence-electron chi connectivity index (χ4n) is 2.58. The largest absolute Gasteiger partial charge is 0.369 e. The summed E-state index contributed by atoms with van der Waals surface area (Å²) in [4.78, 5) is 23.6. The predicted molar refractivity (Wildman–Crippen MR) is 82.3 cm³/mol. The van der Waals surface area contributed by atoms with Crippen LogP contribution in [0.3, 0.4) is 0 Å². The Hall–Kier alpha value is -2.17. The molecule has 4 nitrogen and oxygen atoms in total. The second kappa shape index (κ2) is 7.73. The van der Waals surface area contributed by atoms with E-state index in [2.05, 4.69) is 11.4 Å². The van der Waals surface area contributed by atoms with Crippen LogP contribution >= 0.6 is 0 Å². The molecule has 2 unspecified atom stereocenters. The van der Waals surface area contributed by atoms with Gasteiger partial charge < -0.3 is 11.1 Å². The van der Waals surface area contributed by atoms with Gasteiger partial charge in [-0.3, -0.25) is 9.59 Å². The maximum absolute atomic E-state index is 12.9. The zero-order valence-corrected chi connectivity index (χ0v) is 12.4. The molecule has 0 bridgehead atoms. The fraction of sp³-hybridized carbons (Fsp3) is 0.412. The molecule has 0 spiro atoms. The average Bonchev–Trinajstić information content (AvgIpc) is 2.53. The first-order valence-corrected chi connectivity index (χ1v) is 7.52. The summed E-state index contributed by atoms with van der Waals surface area (Å²) in [6, 6.07) is 5.94. The van der Waals surface area contributed by atoms with Crippen LogP contribution in [0.5, 0.6) is 0 Å². The molecule has 0 fully saturated rings. The number of halogens is 1. The van der Waals surface area contributed by atoms with Crippen LogP contribution in [-0.4, -0.2) is 18.4 Å². The van der Waals surface area contributed by atoms with E-state index < -0.39 is 11.8 Å². The number of benzene rings is 1. The third kappa shape index (κ3) is 4.69. The highest BCUT2D eigenvalue weighted by Gasteiger charge is 2.22. The van der Waals surface area contributed by atoms with Crippen LogP contribution in [0.2, 0.25) is 0 Å². The molecule has 1 aliphatic rings. The minimum Gasteiger partial charge on any atom is -0.369 e. The van der Waals surface area contributed by atoms with Crippen molar-refractivity contribution in [3.8, 4) is 0 Å². The van der Waals surface area contributed by atoms with Gasteiger partial charge in [-0.05, 0) is 43.4 Å². The molecule has 3 N–H and O–H groups in total. The minimum absolute atomic E-state index is 0.0238. The zero-order valence-electron chi connectivity index (χ0n) is 12.4. The van der Waals surface area contributed by atoms with E-state index in [1.54, 1.807) is 12.1 Å². The van der Waals surface area contributed by atoms with Crippen LogP contribution in [0.25, 0.3) is 0 Å². The molecule has 0 aromatic heterocycles. The smallest absolute Gasteiger partial charge is 0.223 e. The lowest BCUT2D eigenvalue weighted by Crippen LogP contribution is -2.39. The van der Waals surface area contributed by atoms with E-state index in [1.807, 2.05) is 6.08 Å². The lowest BCUT2D eigenvalue weighted by Gasteiger charge is -2.19. The summed E-state index contributed by atoms with van der Waals surface area (Å²) >= 11 is 0. The molecule has 1 aromatic rings. The normalized spacial score (nSPS) is 18.7. The van der Waals surface area contributed by atoms with Crippen molar-refractivity contribution in [3.05, 3.63) is 47.8 Å². The van der Waals surface area contributed by atoms with Crippen LogP contribution < -0.4 is 11.1 Å². The second-order valence-corrected chi connectivity index (χ2v) is 5.66. The lowest BCUT2D eigenvalue weighted by molar-refractivity contribution is -0.126. The molecule has 5 heteroatoms. The number of amides is 2. The summed E-state index contributed by atoms with van der Waals surface area (Å²) in [7, 11) is 0. The summed E-state index contributed by atoms with van der Waals surface area (Å²) < 4.78 is 12.9. The second-order valence-electron chi connectivity index (χ2n) is 5.66. The highest BCUT2D eigenvalue weighted by molar-refractivity contribution is 5.81. The van der Waals surface area contributed by atoms with E-state index in [-0.39, 0.29) is 24.2 Å². The Morgan fingerprint density at radius 2 is 2.00 bits per heavy atom. The van der Waals surface area contributed by atoms with Crippen LogP contribution in [0.4, 0.5) is 4.39 Å². The number of carbonyl (C=O) groups excluding carboxylic acids is 2. The number of rotatable bonds is 6. The molecular weight excluding hydrogens is 283 g/mol. The van der Waals surface area contributed by atoms with Gasteiger partial charge in [0.05, 0.1) is 5.92 Å². The first kappa shape index (κ1) is 16.2. The Bertz CT molecular complexity index is 554. The Kier molecular flexibility index (Phi) is 5.69. The van der Waals surface area contributed by atoms with Crippen LogP contribution in [0.15, 0.2) is 36.4 Å². The molecule has 118 valence electrons. The summed E-state index contributed by atoms with van der Waals surface area (Å²) in [6.07, 6.45) is 6.96. The fourth-order valence-corrected chi connectivity index (χ4v) is 2.58. The highest BCUT2D eigenvalue weighted by Crippen LogP contribution is 2.18. The molecule has 1 aliphatic carbocycles. The Labute approximate surface area is 129 Å². The summed E-state index contributed by atoms with van der Waals surface area (Å²) in [5.41, 5.74) is 6.22. The van der Waals surface area contributed by atoms with Gasteiger partial charge in [-0.1, -0.05) is 24.3 Å². The third-order valence-electron chi connectivity index (χ3n) is 3.96. The van der Waals surface area contributed by atoms with Crippen molar-refractivity contribution in [3.63, 3.8) is 0 Å². The predicted octanol–water partition coefficient (Wildman–Crippen LogP) is 1.94. The van der Waals surface area contributed by atoms with Gasteiger partial charge in [0.1, 0.15) is 5.82 Å². The summed E-state index contributed by atoms with van der Waals surface area (Å²) in [6.45, 7) is 0.214. The van der Waals surface area contributed by atoms with Gasteiger partial charge in [-0.2, -0.15) is 0 Å². The van der Waals surface area contributed by atoms with Gasteiger partial charge in [0.15, 0.2) is 0 Å². The Morgan fingerprint density at radius 1 is 1.27 bits per heavy atom. The third-order valence-corrected chi connectivity index (χ3v) is 3.96. The van der Waals surface area contributed by atoms with Crippen LogP contribution in [0.1, 0.15) is 24.8 Å². The molecule has 0 aliphatic heterocycles. The molecule has 2 rings (SSSR count). The summed E-state index contributed by atoms with van der Waals surface area (Å²) in [5, 5.41) is 2.82. The van der Waals surface area contributed by atoms with E-state index in [4.69, 9.17) is 5.73 Å². The van der Waals surface area contributed by atoms with Gasteiger partial charge in [0, 0.05) is 12.5 Å². The van der Waals surface area contributed by atoms with E-state index in [0.29, 0.717) is 6.42 Å². The molecule has 2 amide bonds.